The zero-order valence-electron chi connectivity index (χ0n) is 23.2. The summed E-state index contributed by atoms with van der Waals surface area (Å²) in [5.41, 5.74) is 4.71. The van der Waals surface area contributed by atoms with Crippen LogP contribution >= 0.6 is 11.3 Å². The number of nitrogens with one attached hydrogen (secondary N) is 1. The van der Waals surface area contributed by atoms with Gasteiger partial charge in [0.05, 0.1) is 11.5 Å². The van der Waals surface area contributed by atoms with E-state index in [9.17, 15) is 4.79 Å². The minimum Gasteiger partial charge on any atom is -1.00 e. The minimum atomic E-state index is -0.108. The zero-order chi connectivity index (χ0) is 26.1. The number of hydrogen-bond acceptors (Lipinski definition) is 3. The standard InChI is InChI=1S/C32H44N2O2S.BrH/c1-3-4-5-6-7-8-9-10-11-12-13-14-22-36-31-20-18-29(19-21-31)32(35)33-30-17-15-16-28(23-30)25-34-24-27(2)37-26-34;/h15-21,23-24,26H,3-14,22,25H2,1-2H3;1H. The van der Waals surface area contributed by atoms with Crippen LogP contribution in [0.3, 0.4) is 0 Å². The Labute approximate surface area is 244 Å². The fourth-order valence-electron chi connectivity index (χ4n) is 4.53. The van der Waals surface area contributed by atoms with E-state index in [1.54, 1.807) is 11.3 Å². The van der Waals surface area contributed by atoms with E-state index in [1.807, 2.05) is 42.5 Å². The predicted octanol–water partition coefficient (Wildman–Crippen LogP) is 5.73. The second-order valence-corrected chi connectivity index (χ2v) is 11.1. The number of rotatable bonds is 18. The Morgan fingerprint density at radius 3 is 2.11 bits per heavy atom. The Morgan fingerprint density at radius 2 is 1.50 bits per heavy atom. The Hall–Kier alpha value is -2.18. The lowest BCUT2D eigenvalue weighted by Crippen LogP contribution is -3.00. The second-order valence-electron chi connectivity index (χ2n) is 10.1. The van der Waals surface area contributed by atoms with Crippen molar-refractivity contribution in [3.8, 4) is 5.75 Å². The molecule has 1 aromatic heterocycles. The molecular formula is C32H45BrN2O2S. The molecule has 0 aliphatic rings. The maximum Gasteiger partial charge on any atom is 0.255 e. The number of thiazole rings is 1. The van der Waals surface area contributed by atoms with Gasteiger partial charge in [-0.25, -0.2) is 0 Å². The summed E-state index contributed by atoms with van der Waals surface area (Å²) in [6.07, 6.45) is 18.2. The first-order chi connectivity index (χ1) is 18.1. The molecule has 1 heterocycles. The van der Waals surface area contributed by atoms with E-state index in [-0.39, 0.29) is 22.9 Å². The highest BCUT2D eigenvalue weighted by Gasteiger charge is 2.09. The van der Waals surface area contributed by atoms with Crippen LogP contribution in [0.1, 0.15) is 105 Å². The molecule has 6 heteroatoms. The normalized spacial score (nSPS) is 10.7. The van der Waals surface area contributed by atoms with Crippen LogP contribution in [0.25, 0.3) is 0 Å². The average Bonchev–Trinajstić information content (AvgIpc) is 3.31. The summed E-state index contributed by atoms with van der Waals surface area (Å²) in [5, 5.41) is 3.02. The Bertz CT molecular complexity index is 1050. The van der Waals surface area contributed by atoms with Gasteiger partial charge < -0.3 is 27.0 Å². The molecule has 38 heavy (non-hydrogen) atoms. The number of anilines is 1. The van der Waals surface area contributed by atoms with Gasteiger partial charge in [-0.3, -0.25) is 4.79 Å². The van der Waals surface area contributed by atoms with Crippen LogP contribution in [0, 0.1) is 6.92 Å². The SMILES string of the molecule is CCCCCCCCCCCCCCOc1ccc(C(=O)Nc2cccc(C[n+]3csc(C)c3)c2)cc1.[Br-]. The molecule has 1 amide bonds. The number of halogens is 1. The van der Waals surface area contributed by atoms with Crippen molar-refractivity contribution in [2.24, 2.45) is 0 Å². The quantitative estimate of drug-likeness (QED) is 0.150. The first kappa shape index (κ1) is 32.0. The van der Waals surface area contributed by atoms with Crippen LogP contribution in [0.15, 0.2) is 60.2 Å². The monoisotopic (exact) mass is 600 g/mol. The maximum absolute atomic E-state index is 12.7. The molecule has 0 unspecified atom stereocenters. The van der Waals surface area contributed by atoms with Gasteiger partial charge >= 0.3 is 0 Å². The first-order valence-corrected chi connectivity index (χ1v) is 15.1. The molecule has 2 aromatic carbocycles. The Morgan fingerprint density at radius 1 is 0.868 bits per heavy atom. The second kappa shape index (κ2) is 19.0. The largest absolute Gasteiger partial charge is 1.00 e. The van der Waals surface area contributed by atoms with Crippen LogP contribution in [-0.2, 0) is 6.54 Å². The molecule has 0 radical (unpaired) electrons. The molecule has 0 saturated heterocycles. The Balaban J connectivity index is 0.00000507. The summed E-state index contributed by atoms with van der Waals surface area (Å²) in [7, 11) is 0. The number of carbonyl (C=O) groups excluding carboxylic acids is 1. The number of amides is 1. The molecule has 1 N–H and O–H groups in total. The number of aromatic nitrogens is 1. The topological polar surface area (TPSA) is 42.2 Å². The van der Waals surface area contributed by atoms with Crippen molar-refractivity contribution in [3.05, 3.63) is 76.2 Å². The van der Waals surface area contributed by atoms with Crippen molar-refractivity contribution in [1.29, 1.82) is 0 Å². The third-order valence-corrected chi connectivity index (χ3v) is 7.51. The number of aryl methyl sites for hydroxylation is 1. The van der Waals surface area contributed by atoms with Gasteiger partial charge in [-0.1, -0.05) is 101 Å². The van der Waals surface area contributed by atoms with Crippen molar-refractivity contribution in [3.63, 3.8) is 0 Å². The highest BCUT2D eigenvalue weighted by molar-refractivity contribution is 7.09. The number of ether oxygens (including phenoxy) is 1. The Kier molecular flexibility index (Phi) is 16.0. The highest BCUT2D eigenvalue weighted by atomic mass is 79.9. The molecule has 3 rings (SSSR count). The first-order valence-electron chi connectivity index (χ1n) is 14.2. The molecule has 3 aromatic rings. The van der Waals surface area contributed by atoms with Gasteiger partial charge in [0.15, 0.2) is 12.7 Å². The fourth-order valence-corrected chi connectivity index (χ4v) is 5.16. The summed E-state index contributed by atoms with van der Waals surface area (Å²) < 4.78 is 8.06. The van der Waals surface area contributed by atoms with E-state index in [0.717, 1.165) is 36.6 Å². The summed E-state index contributed by atoms with van der Waals surface area (Å²) in [5.74, 6) is 0.716. The van der Waals surface area contributed by atoms with Gasteiger partial charge in [-0.05, 0) is 49.7 Å². The number of hydrogen-bond donors (Lipinski definition) is 1. The van der Waals surface area contributed by atoms with Gasteiger partial charge in [0.1, 0.15) is 5.75 Å². The van der Waals surface area contributed by atoms with Crippen molar-refractivity contribution < 1.29 is 31.1 Å². The summed E-state index contributed by atoms with van der Waals surface area (Å²) in [6, 6.07) is 15.5. The van der Waals surface area contributed by atoms with Crippen molar-refractivity contribution in [1.82, 2.24) is 0 Å². The van der Waals surface area contributed by atoms with Gasteiger partial charge in [0.2, 0.25) is 5.51 Å². The van der Waals surface area contributed by atoms with E-state index < -0.39 is 0 Å². The van der Waals surface area contributed by atoms with E-state index in [1.165, 1.54) is 75.5 Å². The minimum absolute atomic E-state index is 0. The molecule has 0 saturated carbocycles. The van der Waals surface area contributed by atoms with Gasteiger partial charge in [-0.2, -0.15) is 4.57 Å². The molecule has 0 atom stereocenters. The third kappa shape index (κ3) is 12.6. The summed E-state index contributed by atoms with van der Waals surface area (Å²) >= 11 is 1.73. The fraction of sp³-hybridized carbons (Fsp3) is 0.500. The van der Waals surface area contributed by atoms with E-state index >= 15 is 0 Å². The molecule has 0 aliphatic carbocycles. The van der Waals surface area contributed by atoms with E-state index in [4.69, 9.17) is 4.74 Å². The van der Waals surface area contributed by atoms with Crippen LogP contribution in [0.5, 0.6) is 5.75 Å². The number of benzene rings is 2. The maximum atomic E-state index is 12.7. The lowest BCUT2D eigenvalue weighted by atomic mass is 10.1. The lowest BCUT2D eigenvalue weighted by molar-refractivity contribution is -0.683. The average molecular weight is 602 g/mol. The summed E-state index contributed by atoms with van der Waals surface area (Å²) in [6.45, 7) is 5.90. The van der Waals surface area contributed by atoms with Gasteiger partial charge in [0, 0.05) is 16.8 Å². The third-order valence-electron chi connectivity index (χ3n) is 6.65. The van der Waals surface area contributed by atoms with Crippen LogP contribution in [0.4, 0.5) is 5.69 Å². The zero-order valence-corrected chi connectivity index (χ0v) is 25.6. The molecule has 4 nitrogen and oxygen atoms in total. The van der Waals surface area contributed by atoms with Crippen LogP contribution in [0.2, 0.25) is 0 Å². The van der Waals surface area contributed by atoms with Crippen LogP contribution in [-0.4, -0.2) is 12.5 Å². The summed E-state index contributed by atoms with van der Waals surface area (Å²) in [4.78, 5) is 14.0. The predicted molar refractivity (Wildman–Crippen MR) is 156 cm³/mol. The molecule has 208 valence electrons. The van der Waals surface area contributed by atoms with E-state index in [2.05, 4.69) is 41.5 Å². The smallest absolute Gasteiger partial charge is 0.255 e. The number of unbranched alkanes of at least 4 members (excludes halogenated alkanes) is 11. The lowest BCUT2D eigenvalue weighted by Gasteiger charge is -2.09. The molecule has 0 spiro atoms. The number of nitrogens with zero attached hydrogens (tertiary/aromatic N) is 1. The molecule has 0 bridgehead atoms. The van der Waals surface area contributed by atoms with Crippen molar-refractivity contribution >= 4 is 22.9 Å². The molecule has 0 aliphatic heterocycles. The van der Waals surface area contributed by atoms with Gasteiger partial charge in [-0.15, -0.1) is 0 Å². The van der Waals surface area contributed by atoms with E-state index in [0.29, 0.717) is 5.56 Å². The number of carbonyl (C=O) groups is 1. The van der Waals surface area contributed by atoms with Gasteiger partial charge in [0.25, 0.3) is 5.91 Å². The van der Waals surface area contributed by atoms with Crippen LogP contribution < -0.4 is 31.6 Å². The highest BCUT2D eigenvalue weighted by Crippen LogP contribution is 2.17. The molecular weight excluding hydrogens is 556 g/mol. The van der Waals surface area contributed by atoms with Crippen molar-refractivity contribution in [2.75, 3.05) is 11.9 Å². The molecule has 0 fully saturated rings. The van der Waals surface area contributed by atoms with Crippen molar-refractivity contribution in [2.45, 2.75) is 97.4 Å².